The predicted octanol–water partition coefficient (Wildman–Crippen LogP) is 4.95. The highest BCUT2D eigenvalue weighted by atomic mass is 19.4. The highest BCUT2D eigenvalue weighted by Crippen LogP contribution is 2.48. The largest absolute Gasteiger partial charge is 0.573 e. The van der Waals surface area contributed by atoms with Crippen LogP contribution in [0.3, 0.4) is 0 Å². The van der Waals surface area contributed by atoms with E-state index in [4.69, 9.17) is 5.73 Å². The summed E-state index contributed by atoms with van der Waals surface area (Å²) in [6, 6.07) is 13.8. The number of rotatable bonds is 6. The predicted molar refractivity (Wildman–Crippen MR) is 125 cm³/mol. The molecule has 1 aliphatic heterocycles. The number of nitrogens with two attached hydrogens (primary N) is 1. The number of likely N-dealkylation sites (tertiary alicyclic amines) is 1. The molecule has 0 bridgehead atoms. The highest BCUT2D eigenvalue weighted by Gasteiger charge is 2.51. The number of aromatic amines is 1. The van der Waals surface area contributed by atoms with Gasteiger partial charge in [0.25, 0.3) is 0 Å². The van der Waals surface area contributed by atoms with Crippen LogP contribution in [-0.4, -0.2) is 47.0 Å². The Kier molecular flexibility index (Phi) is 6.23. The van der Waals surface area contributed by atoms with Gasteiger partial charge >= 0.3 is 6.36 Å². The molecule has 10 heteroatoms. The first-order valence-corrected chi connectivity index (χ1v) is 11.8. The molecule has 1 aromatic heterocycles. The minimum Gasteiger partial charge on any atom is -0.406 e. The monoisotopic (exact) mass is 502 g/mol. The van der Waals surface area contributed by atoms with E-state index in [2.05, 4.69) is 14.9 Å². The van der Waals surface area contributed by atoms with Crippen molar-refractivity contribution in [1.29, 1.82) is 0 Å². The number of nitrogens with zero attached hydrogens (tertiary/aromatic N) is 2. The summed E-state index contributed by atoms with van der Waals surface area (Å²) in [7, 11) is 0. The van der Waals surface area contributed by atoms with Crippen LogP contribution in [0.2, 0.25) is 0 Å². The Balaban J connectivity index is 1.41. The molecule has 0 spiro atoms. The topological polar surface area (TPSA) is 84.2 Å². The number of aromatic nitrogens is 2. The van der Waals surface area contributed by atoms with Crippen molar-refractivity contribution in [1.82, 2.24) is 15.1 Å². The van der Waals surface area contributed by atoms with E-state index in [1.807, 2.05) is 11.0 Å². The van der Waals surface area contributed by atoms with Crippen molar-refractivity contribution in [3.05, 3.63) is 71.7 Å². The molecule has 2 atom stereocenters. The van der Waals surface area contributed by atoms with Gasteiger partial charge in [0.2, 0.25) is 5.91 Å². The third kappa shape index (κ3) is 5.09. The molecule has 2 aromatic carbocycles. The molecule has 2 fully saturated rings. The maximum absolute atomic E-state index is 13.7. The van der Waals surface area contributed by atoms with Crippen LogP contribution in [0.15, 0.2) is 54.6 Å². The normalized spacial score (nSPS) is 21.3. The summed E-state index contributed by atoms with van der Waals surface area (Å²) in [5.41, 5.74) is 8.26. The number of halogens is 4. The zero-order valence-corrected chi connectivity index (χ0v) is 19.4. The maximum atomic E-state index is 13.7. The fourth-order valence-electron chi connectivity index (χ4n) is 5.01. The number of amides is 1. The van der Waals surface area contributed by atoms with Crippen molar-refractivity contribution >= 4 is 5.91 Å². The molecule has 1 amide bonds. The van der Waals surface area contributed by atoms with E-state index in [0.29, 0.717) is 30.8 Å². The summed E-state index contributed by atoms with van der Waals surface area (Å²) in [6.45, 7) is 1.20. The van der Waals surface area contributed by atoms with E-state index in [1.165, 1.54) is 24.3 Å². The number of carbonyl (C=O) groups excluding carboxylic acids is 1. The lowest BCUT2D eigenvalue weighted by Gasteiger charge is -2.39. The van der Waals surface area contributed by atoms with E-state index >= 15 is 0 Å². The number of hydrogen-bond donors (Lipinski definition) is 2. The van der Waals surface area contributed by atoms with Gasteiger partial charge in [-0.25, -0.2) is 4.39 Å². The standard InChI is InChI=1S/C26H26F4N4O2/c27-20-3-1-2-17(11-20)22-12-23(33-32-22)19-10-18(13-34(14-19)24(35)25(15-31)8-9-25)16-4-6-21(7-5-16)36-26(28,29)30/h1-7,11-12,18-19H,8-10,13-15,31H2,(H,32,33). The fourth-order valence-corrected chi connectivity index (χ4v) is 5.01. The van der Waals surface area contributed by atoms with E-state index in [0.717, 1.165) is 24.1 Å². The summed E-state index contributed by atoms with van der Waals surface area (Å²) >= 11 is 0. The second-order valence-electron chi connectivity index (χ2n) is 9.66. The van der Waals surface area contributed by atoms with E-state index in [-0.39, 0.29) is 35.9 Å². The number of piperidine rings is 1. The van der Waals surface area contributed by atoms with Crippen LogP contribution in [0.5, 0.6) is 5.75 Å². The van der Waals surface area contributed by atoms with Crippen LogP contribution >= 0.6 is 0 Å². The Hall–Kier alpha value is -3.40. The van der Waals surface area contributed by atoms with E-state index in [9.17, 15) is 22.4 Å². The lowest BCUT2D eigenvalue weighted by molar-refractivity contribution is -0.274. The van der Waals surface area contributed by atoms with Gasteiger partial charge in [0, 0.05) is 42.7 Å². The van der Waals surface area contributed by atoms with Gasteiger partial charge in [0.1, 0.15) is 11.6 Å². The quantitative estimate of drug-likeness (QED) is 0.467. The van der Waals surface area contributed by atoms with Crippen molar-refractivity contribution in [2.75, 3.05) is 19.6 Å². The van der Waals surface area contributed by atoms with Crippen molar-refractivity contribution in [3.63, 3.8) is 0 Å². The van der Waals surface area contributed by atoms with E-state index in [1.54, 1.807) is 24.3 Å². The first kappa shape index (κ1) is 24.3. The Morgan fingerprint density at radius 1 is 1.11 bits per heavy atom. The minimum absolute atomic E-state index is 0.0154. The summed E-state index contributed by atoms with van der Waals surface area (Å²) in [5.74, 6) is -0.841. The Morgan fingerprint density at radius 2 is 1.83 bits per heavy atom. The smallest absolute Gasteiger partial charge is 0.406 e. The van der Waals surface area contributed by atoms with Crippen LogP contribution in [0.1, 0.15) is 42.4 Å². The first-order chi connectivity index (χ1) is 17.2. The Labute approximate surface area is 205 Å². The molecular weight excluding hydrogens is 476 g/mol. The average molecular weight is 503 g/mol. The van der Waals surface area contributed by atoms with Crippen molar-refractivity contribution in [2.45, 2.75) is 37.5 Å². The van der Waals surface area contributed by atoms with Gasteiger partial charge in [0.05, 0.1) is 11.1 Å². The number of alkyl halides is 3. The maximum Gasteiger partial charge on any atom is 0.573 e. The molecular formula is C26H26F4N4O2. The zero-order chi connectivity index (χ0) is 25.5. The van der Waals surface area contributed by atoms with Gasteiger partial charge in [-0.1, -0.05) is 24.3 Å². The molecule has 3 aromatic rings. The van der Waals surface area contributed by atoms with Crippen LogP contribution in [0, 0.1) is 11.2 Å². The van der Waals surface area contributed by atoms with Crippen LogP contribution in [0.4, 0.5) is 17.6 Å². The van der Waals surface area contributed by atoms with Crippen molar-refractivity contribution in [3.8, 4) is 17.0 Å². The third-order valence-corrected chi connectivity index (χ3v) is 7.18. The molecule has 0 radical (unpaired) electrons. The number of ether oxygens (including phenoxy) is 1. The third-order valence-electron chi connectivity index (χ3n) is 7.18. The number of benzene rings is 2. The summed E-state index contributed by atoms with van der Waals surface area (Å²) in [6.07, 6.45) is -2.60. The molecule has 190 valence electrons. The molecule has 1 saturated heterocycles. The van der Waals surface area contributed by atoms with Crippen LogP contribution < -0.4 is 10.5 Å². The van der Waals surface area contributed by atoms with Gasteiger partial charge in [-0.15, -0.1) is 13.2 Å². The van der Waals surface area contributed by atoms with Crippen LogP contribution in [0.25, 0.3) is 11.3 Å². The second-order valence-corrected chi connectivity index (χ2v) is 9.66. The van der Waals surface area contributed by atoms with Gasteiger partial charge in [-0.3, -0.25) is 9.89 Å². The number of carbonyl (C=O) groups is 1. The molecule has 2 aliphatic rings. The second kappa shape index (κ2) is 9.24. The molecule has 2 heterocycles. The average Bonchev–Trinajstić information content (AvgIpc) is 3.50. The molecule has 5 rings (SSSR count). The van der Waals surface area contributed by atoms with E-state index < -0.39 is 11.8 Å². The van der Waals surface area contributed by atoms with Gasteiger partial charge < -0.3 is 15.4 Å². The summed E-state index contributed by atoms with van der Waals surface area (Å²) in [4.78, 5) is 15.2. The molecule has 1 saturated carbocycles. The number of nitrogens with one attached hydrogen (secondary N) is 1. The minimum atomic E-state index is -4.76. The number of H-pyrrole nitrogens is 1. The molecule has 2 unspecified atom stereocenters. The lowest BCUT2D eigenvalue weighted by atomic mass is 9.82. The van der Waals surface area contributed by atoms with Crippen LogP contribution in [-0.2, 0) is 4.79 Å². The molecule has 3 N–H and O–H groups in total. The summed E-state index contributed by atoms with van der Waals surface area (Å²) in [5, 5.41) is 7.40. The van der Waals surface area contributed by atoms with Gasteiger partial charge in [-0.05, 0) is 55.2 Å². The van der Waals surface area contributed by atoms with Gasteiger partial charge in [-0.2, -0.15) is 5.10 Å². The lowest BCUT2D eigenvalue weighted by Crippen LogP contribution is -2.47. The Morgan fingerprint density at radius 3 is 2.47 bits per heavy atom. The zero-order valence-electron chi connectivity index (χ0n) is 19.4. The van der Waals surface area contributed by atoms with Crippen molar-refractivity contribution in [2.24, 2.45) is 11.1 Å². The molecule has 6 nitrogen and oxygen atoms in total. The molecule has 36 heavy (non-hydrogen) atoms. The molecule has 1 aliphatic carbocycles. The number of hydrogen-bond acceptors (Lipinski definition) is 4. The highest BCUT2D eigenvalue weighted by molar-refractivity contribution is 5.86. The fraction of sp³-hybridized carbons (Fsp3) is 0.385. The van der Waals surface area contributed by atoms with Gasteiger partial charge in [0.15, 0.2) is 0 Å². The summed E-state index contributed by atoms with van der Waals surface area (Å²) < 4.78 is 55.4. The first-order valence-electron chi connectivity index (χ1n) is 11.8. The Bertz CT molecular complexity index is 1240. The SMILES string of the molecule is NCC1(C(=O)N2CC(c3ccc(OC(F)(F)F)cc3)CC(c3cc(-c4cccc(F)c4)n[nH]3)C2)CC1. The van der Waals surface area contributed by atoms with Crippen molar-refractivity contribution < 1.29 is 27.1 Å².